The van der Waals surface area contributed by atoms with E-state index in [1.165, 1.54) is 0 Å². The molecule has 0 aromatic heterocycles. The van der Waals surface area contributed by atoms with Gasteiger partial charge in [-0.25, -0.2) is 0 Å². The number of carbonyl (C=O) groups is 2. The quantitative estimate of drug-likeness (QED) is 0.717. The Hall–Kier alpha value is -2.62. The molecule has 27 heavy (non-hydrogen) atoms. The Morgan fingerprint density at radius 1 is 1.11 bits per heavy atom. The van der Waals surface area contributed by atoms with Gasteiger partial charge in [0.15, 0.2) is 17.3 Å². The summed E-state index contributed by atoms with van der Waals surface area (Å²) in [6.45, 7) is 2.40. The van der Waals surface area contributed by atoms with Crippen molar-refractivity contribution < 1.29 is 19.1 Å². The van der Waals surface area contributed by atoms with E-state index in [9.17, 15) is 9.59 Å². The van der Waals surface area contributed by atoms with Crippen LogP contribution in [0.2, 0.25) is 0 Å². The average Bonchev–Trinajstić information content (AvgIpc) is 3.16. The van der Waals surface area contributed by atoms with Gasteiger partial charge < -0.3 is 9.47 Å². The van der Waals surface area contributed by atoms with Crippen molar-refractivity contribution in [2.75, 3.05) is 6.79 Å². The third-order valence-corrected chi connectivity index (χ3v) is 5.76. The lowest BCUT2D eigenvalue weighted by atomic mass is 9.70. The van der Waals surface area contributed by atoms with Gasteiger partial charge in [-0.05, 0) is 36.5 Å². The van der Waals surface area contributed by atoms with Crippen molar-refractivity contribution in [3.63, 3.8) is 0 Å². The fraction of sp³-hybridized carbons (Fsp3) is 0.391. The second-order valence-corrected chi connectivity index (χ2v) is 7.66. The van der Waals surface area contributed by atoms with Gasteiger partial charge in [-0.3, -0.25) is 9.59 Å². The number of rotatable bonds is 5. The molecule has 2 aliphatic rings. The SMILES string of the molecule is CC1CCC(=O)C(C(CC(=O)c2ccccc2)c2ccc3c(c2)OCO3)C1. The molecular weight excluding hydrogens is 340 g/mol. The van der Waals surface area contributed by atoms with Crippen molar-refractivity contribution in [3.8, 4) is 11.5 Å². The summed E-state index contributed by atoms with van der Waals surface area (Å²) in [4.78, 5) is 25.7. The summed E-state index contributed by atoms with van der Waals surface area (Å²) >= 11 is 0. The minimum absolute atomic E-state index is 0.0734. The molecule has 4 heteroatoms. The van der Waals surface area contributed by atoms with Crippen LogP contribution in [0.3, 0.4) is 0 Å². The summed E-state index contributed by atoms with van der Waals surface area (Å²) in [6, 6.07) is 15.1. The van der Waals surface area contributed by atoms with Crippen LogP contribution in [0, 0.1) is 11.8 Å². The molecule has 140 valence electrons. The maximum atomic E-state index is 12.9. The monoisotopic (exact) mass is 364 g/mol. The van der Waals surface area contributed by atoms with Gasteiger partial charge in [0.2, 0.25) is 6.79 Å². The van der Waals surface area contributed by atoms with Gasteiger partial charge >= 0.3 is 0 Å². The smallest absolute Gasteiger partial charge is 0.231 e. The zero-order valence-electron chi connectivity index (χ0n) is 15.5. The molecule has 0 spiro atoms. The Kier molecular flexibility index (Phi) is 4.97. The van der Waals surface area contributed by atoms with Crippen LogP contribution in [0.4, 0.5) is 0 Å². The third-order valence-electron chi connectivity index (χ3n) is 5.76. The topological polar surface area (TPSA) is 52.6 Å². The molecule has 1 aliphatic carbocycles. The molecule has 0 radical (unpaired) electrons. The van der Waals surface area contributed by atoms with Crippen molar-refractivity contribution in [2.24, 2.45) is 11.8 Å². The molecule has 4 nitrogen and oxygen atoms in total. The molecule has 0 saturated heterocycles. The first-order chi connectivity index (χ1) is 13.1. The van der Waals surface area contributed by atoms with E-state index in [-0.39, 0.29) is 30.2 Å². The van der Waals surface area contributed by atoms with Crippen molar-refractivity contribution in [3.05, 3.63) is 59.7 Å². The van der Waals surface area contributed by atoms with Gasteiger partial charge in [-0.15, -0.1) is 0 Å². The molecule has 1 saturated carbocycles. The van der Waals surface area contributed by atoms with Crippen molar-refractivity contribution in [1.82, 2.24) is 0 Å². The summed E-state index contributed by atoms with van der Waals surface area (Å²) < 4.78 is 10.9. The van der Waals surface area contributed by atoms with E-state index in [0.29, 0.717) is 30.1 Å². The molecule has 0 N–H and O–H groups in total. The van der Waals surface area contributed by atoms with E-state index in [1.54, 1.807) is 0 Å². The number of ether oxygens (including phenoxy) is 2. The molecule has 0 amide bonds. The second kappa shape index (κ2) is 7.55. The zero-order chi connectivity index (χ0) is 18.8. The normalized spacial score (nSPS) is 22.5. The van der Waals surface area contributed by atoms with Crippen LogP contribution in [0.15, 0.2) is 48.5 Å². The number of Topliss-reactive ketones (excluding diaryl/α,β-unsaturated/α-hetero) is 2. The summed E-state index contributed by atoms with van der Waals surface area (Å²) in [5.41, 5.74) is 1.68. The van der Waals surface area contributed by atoms with E-state index < -0.39 is 0 Å². The first kappa shape index (κ1) is 17.8. The largest absolute Gasteiger partial charge is 0.454 e. The number of carbonyl (C=O) groups excluding carboxylic acids is 2. The number of fused-ring (bicyclic) bond motifs is 1. The fourth-order valence-corrected chi connectivity index (χ4v) is 4.22. The Balaban J connectivity index is 1.66. The highest BCUT2D eigenvalue weighted by Crippen LogP contribution is 2.42. The maximum Gasteiger partial charge on any atom is 0.231 e. The summed E-state index contributed by atoms with van der Waals surface area (Å²) in [6.07, 6.45) is 2.70. The van der Waals surface area contributed by atoms with Crippen molar-refractivity contribution in [1.29, 1.82) is 0 Å². The van der Waals surface area contributed by atoms with E-state index in [4.69, 9.17) is 9.47 Å². The van der Waals surface area contributed by atoms with Crippen molar-refractivity contribution >= 4 is 11.6 Å². The number of hydrogen-bond acceptors (Lipinski definition) is 4. The van der Waals surface area contributed by atoms with E-state index in [1.807, 2.05) is 48.5 Å². The molecular formula is C23H24O4. The predicted molar refractivity (Wildman–Crippen MR) is 102 cm³/mol. The van der Waals surface area contributed by atoms with E-state index in [0.717, 1.165) is 24.2 Å². The molecule has 3 atom stereocenters. The molecule has 2 aromatic carbocycles. The van der Waals surface area contributed by atoms with Crippen LogP contribution >= 0.6 is 0 Å². The highest BCUT2D eigenvalue weighted by molar-refractivity contribution is 5.97. The van der Waals surface area contributed by atoms with Crippen LogP contribution in [0.1, 0.15) is 54.4 Å². The highest BCUT2D eigenvalue weighted by atomic mass is 16.7. The van der Waals surface area contributed by atoms with Gasteiger partial charge in [-0.1, -0.05) is 43.3 Å². The molecule has 1 fully saturated rings. The van der Waals surface area contributed by atoms with Gasteiger partial charge in [-0.2, -0.15) is 0 Å². The van der Waals surface area contributed by atoms with Crippen LogP contribution in [0.5, 0.6) is 11.5 Å². The summed E-state index contributed by atoms with van der Waals surface area (Å²) in [5, 5.41) is 0. The molecule has 1 aliphatic heterocycles. The highest BCUT2D eigenvalue weighted by Gasteiger charge is 2.35. The molecule has 1 heterocycles. The maximum absolute atomic E-state index is 12.9. The Morgan fingerprint density at radius 2 is 1.89 bits per heavy atom. The molecule has 4 rings (SSSR count). The Morgan fingerprint density at radius 3 is 2.70 bits per heavy atom. The summed E-state index contributed by atoms with van der Waals surface area (Å²) in [5.74, 6) is 2.00. The van der Waals surface area contributed by atoms with E-state index in [2.05, 4.69) is 6.92 Å². The van der Waals surface area contributed by atoms with Gasteiger partial charge in [0.05, 0.1) is 0 Å². The molecule has 2 aromatic rings. The predicted octanol–water partition coefficient (Wildman–Crippen LogP) is 4.78. The van der Waals surface area contributed by atoms with E-state index >= 15 is 0 Å². The minimum atomic E-state index is -0.137. The molecule has 3 unspecified atom stereocenters. The third kappa shape index (κ3) is 3.75. The average molecular weight is 364 g/mol. The lowest BCUT2D eigenvalue weighted by Crippen LogP contribution is -2.30. The van der Waals surface area contributed by atoms with Crippen molar-refractivity contribution in [2.45, 2.75) is 38.5 Å². The lowest BCUT2D eigenvalue weighted by Gasteiger charge is -2.32. The van der Waals surface area contributed by atoms with Gasteiger partial charge in [0, 0.05) is 30.2 Å². The number of hydrogen-bond donors (Lipinski definition) is 0. The molecule has 0 bridgehead atoms. The standard InChI is InChI=1S/C23H24O4/c1-15-7-9-20(24)19(11-15)18(13-21(25)16-5-3-2-4-6-16)17-8-10-22-23(12-17)27-14-26-22/h2-6,8,10,12,15,18-19H,7,9,11,13-14H2,1H3. The van der Waals surface area contributed by atoms with Crippen LogP contribution in [0.25, 0.3) is 0 Å². The second-order valence-electron chi connectivity index (χ2n) is 7.66. The fourth-order valence-electron chi connectivity index (χ4n) is 4.22. The van der Waals surface area contributed by atoms with Crippen LogP contribution in [-0.2, 0) is 4.79 Å². The zero-order valence-corrected chi connectivity index (χ0v) is 15.5. The Labute approximate surface area is 159 Å². The van der Waals surface area contributed by atoms with Crippen LogP contribution in [-0.4, -0.2) is 18.4 Å². The lowest BCUT2D eigenvalue weighted by molar-refractivity contribution is -0.126. The minimum Gasteiger partial charge on any atom is -0.454 e. The first-order valence-corrected chi connectivity index (χ1v) is 9.62. The number of benzene rings is 2. The van der Waals surface area contributed by atoms with Gasteiger partial charge in [0.25, 0.3) is 0 Å². The Bertz CT molecular complexity index is 843. The first-order valence-electron chi connectivity index (χ1n) is 9.62. The number of ketones is 2. The van der Waals surface area contributed by atoms with Gasteiger partial charge in [0.1, 0.15) is 5.78 Å². The summed E-state index contributed by atoms with van der Waals surface area (Å²) in [7, 11) is 0. The van der Waals surface area contributed by atoms with Crippen LogP contribution < -0.4 is 9.47 Å².